The van der Waals surface area contributed by atoms with Gasteiger partial charge in [0, 0.05) is 11.8 Å². The first kappa shape index (κ1) is 23.9. The maximum Gasteiger partial charge on any atom is 0.453 e. The number of amides is 1. The molecule has 0 saturated heterocycles. The van der Waals surface area contributed by atoms with Crippen LogP contribution in [0.15, 0.2) is 100 Å². The number of halogens is 3. The molecule has 0 fully saturated rings. The number of para-hydroxylation sites is 1. The van der Waals surface area contributed by atoms with E-state index in [4.69, 9.17) is 13.9 Å². The molecule has 0 spiro atoms. The SMILES string of the molecule is O=C(COc1ccc2c(=O)c(Oc3ccc4ccccc4c3)c(C(F)(F)F)oc2c1)Nc1ccccc1. The molecule has 5 rings (SSSR count). The summed E-state index contributed by atoms with van der Waals surface area (Å²) in [5, 5.41) is 4.09. The van der Waals surface area contributed by atoms with Gasteiger partial charge >= 0.3 is 6.18 Å². The summed E-state index contributed by atoms with van der Waals surface area (Å²) in [4.78, 5) is 25.2. The number of alkyl halides is 3. The molecule has 1 N–H and O–H groups in total. The number of anilines is 1. The summed E-state index contributed by atoms with van der Waals surface area (Å²) >= 11 is 0. The Morgan fingerprint density at radius 2 is 1.54 bits per heavy atom. The van der Waals surface area contributed by atoms with E-state index in [1.54, 1.807) is 48.5 Å². The topological polar surface area (TPSA) is 77.8 Å². The predicted molar refractivity (Wildman–Crippen MR) is 132 cm³/mol. The normalized spacial score (nSPS) is 11.4. The third-order valence-corrected chi connectivity index (χ3v) is 5.45. The zero-order valence-electron chi connectivity index (χ0n) is 19.0. The minimum atomic E-state index is -5.01. The zero-order valence-corrected chi connectivity index (χ0v) is 19.0. The maximum absolute atomic E-state index is 13.9. The second-order valence-corrected chi connectivity index (χ2v) is 8.06. The van der Waals surface area contributed by atoms with Crippen molar-refractivity contribution in [3.63, 3.8) is 0 Å². The van der Waals surface area contributed by atoms with Crippen molar-refractivity contribution in [1.82, 2.24) is 0 Å². The summed E-state index contributed by atoms with van der Waals surface area (Å²) in [6.45, 7) is -0.403. The molecule has 5 aromatic rings. The van der Waals surface area contributed by atoms with Crippen molar-refractivity contribution in [1.29, 1.82) is 0 Å². The smallest absolute Gasteiger partial charge is 0.453 e. The molecule has 0 radical (unpaired) electrons. The first-order valence-electron chi connectivity index (χ1n) is 11.1. The Labute approximate surface area is 207 Å². The molecule has 1 amide bonds. The fourth-order valence-electron chi connectivity index (χ4n) is 3.74. The number of hydrogen-bond acceptors (Lipinski definition) is 5. The monoisotopic (exact) mass is 505 g/mol. The Kier molecular flexibility index (Phi) is 6.27. The Hall–Kier alpha value is -4.79. The van der Waals surface area contributed by atoms with Crippen molar-refractivity contribution in [3.05, 3.63) is 107 Å². The van der Waals surface area contributed by atoms with Crippen LogP contribution in [0.2, 0.25) is 0 Å². The third-order valence-electron chi connectivity index (χ3n) is 5.45. The summed E-state index contributed by atoms with van der Waals surface area (Å²) in [7, 11) is 0. The summed E-state index contributed by atoms with van der Waals surface area (Å²) < 4.78 is 57.6. The van der Waals surface area contributed by atoms with Crippen LogP contribution in [0.4, 0.5) is 18.9 Å². The van der Waals surface area contributed by atoms with Gasteiger partial charge in [0.05, 0.1) is 5.39 Å². The fraction of sp³-hybridized carbons (Fsp3) is 0.0714. The van der Waals surface area contributed by atoms with Crippen molar-refractivity contribution in [2.45, 2.75) is 6.18 Å². The van der Waals surface area contributed by atoms with Gasteiger partial charge in [-0.25, -0.2) is 0 Å². The summed E-state index contributed by atoms with van der Waals surface area (Å²) in [5.41, 5.74) is -0.784. The first-order chi connectivity index (χ1) is 17.8. The number of fused-ring (bicyclic) bond motifs is 2. The Morgan fingerprint density at radius 1 is 0.838 bits per heavy atom. The van der Waals surface area contributed by atoms with Crippen molar-refractivity contribution in [2.75, 3.05) is 11.9 Å². The van der Waals surface area contributed by atoms with Gasteiger partial charge < -0.3 is 19.2 Å². The molecular weight excluding hydrogens is 487 g/mol. The first-order valence-corrected chi connectivity index (χ1v) is 11.1. The van der Waals surface area contributed by atoms with Crippen LogP contribution in [0, 0.1) is 0 Å². The number of ether oxygens (including phenoxy) is 2. The number of benzene rings is 4. The molecule has 0 bridgehead atoms. The van der Waals surface area contributed by atoms with E-state index >= 15 is 0 Å². The van der Waals surface area contributed by atoms with Crippen LogP contribution >= 0.6 is 0 Å². The van der Waals surface area contributed by atoms with Gasteiger partial charge in [0.15, 0.2) is 6.61 Å². The minimum absolute atomic E-state index is 0.0511. The molecular formula is C28H18F3NO5. The van der Waals surface area contributed by atoms with Crippen LogP contribution < -0.4 is 20.2 Å². The molecule has 1 aromatic heterocycles. The predicted octanol–water partition coefficient (Wildman–Crippen LogP) is 6.77. The average Bonchev–Trinajstić information content (AvgIpc) is 2.89. The molecule has 6 nitrogen and oxygen atoms in total. The van der Waals surface area contributed by atoms with Crippen LogP contribution in [0.1, 0.15) is 5.76 Å². The molecule has 4 aromatic carbocycles. The van der Waals surface area contributed by atoms with E-state index in [2.05, 4.69) is 5.32 Å². The lowest BCUT2D eigenvalue weighted by molar-refractivity contribution is -0.154. The highest BCUT2D eigenvalue weighted by atomic mass is 19.4. The molecule has 0 atom stereocenters. The van der Waals surface area contributed by atoms with E-state index in [-0.39, 0.29) is 22.5 Å². The molecule has 9 heteroatoms. The number of hydrogen-bond donors (Lipinski definition) is 1. The number of rotatable bonds is 6. The van der Waals surface area contributed by atoms with Crippen molar-refractivity contribution in [3.8, 4) is 17.2 Å². The summed E-state index contributed by atoms with van der Waals surface area (Å²) in [5.74, 6) is -2.90. The molecule has 0 unspecified atom stereocenters. The highest BCUT2D eigenvalue weighted by Gasteiger charge is 2.40. The Bertz CT molecular complexity index is 1660. The molecule has 186 valence electrons. The number of carbonyl (C=O) groups is 1. The van der Waals surface area contributed by atoms with Gasteiger partial charge in [0.25, 0.3) is 11.7 Å². The largest absolute Gasteiger partial charge is 0.484 e. The van der Waals surface area contributed by atoms with Crippen molar-refractivity contribution >= 4 is 33.3 Å². The number of nitrogens with one attached hydrogen (secondary N) is 1. The van der Waals surface area contributed by atoms with Crippen LogP contribution in [0.3, 0.4) is 0 Å². The molecule has 0 aliphatic carbocycles. The maximum atomic E-state index is 13.9. The van der Waals surface area contributed by atoms with Crippen LogP contribution in [0.5, 0.6) is 17.2 Å². The van der Waals surface area contributed by atoms with Crippen LogP contribution in [-0.4, -0.2) is 12.5 Å². The molecule has 0 aliphatic rings. The van der Waals surface area contributed by atoms with E-state index in [9.17, 15) is 22.8 Å². The lowest BCUT2D eigenvalue weighted by Crippen LogP contribution is -2.20. The molecule has 37 heavy (non-hydrogen) atoms. The van der Waals surface area contributed by atoms with Gasteiger partial charge in [-0.2, -0.15) is 13.2 Å². The quantitative estimate of drug-likeness (QED) is 0.275. The standard InChI is InChI=1S/C28H18F3NO5/c29-28(30,31)27-26(36-21-11-10-17-6-4-5-7-18(17)14-21)25(34)22-13-12-20(15-23(22)37-27)35-16-24(33)32-19-8-2-1-3-9-19/h1-15H,16H2,(H,32,33). The van der Waals surface area contributed by atoms with Gasteiger partial charge in [0.1, 0.15) is 17.1 Å². The minimum Gasteiger partial charge on any atom is -0.484 e. The highest BCUT2D eigenvalue weighted by molar-refractivity contribution is 5.92. The van der Waals surface area contributed by atoms with Crippen LogP contribution in [0.25, 0.3) is 21.7 Å². The molecule has 0 aliphatic heterocycles. The molecule has 1 heterocycles. The highest BCUT2D eigenvalue weighted by Crippen LogP contribution is 2.39. The van der Waals surface area contributed by atoms with Crippen molar-refractivity contribution < 1.29 is 31.9 Å². The lowest BCUT2D eigenvalue weighted by atomic mass is 10.1. The fourth-order valence-corrected chi connectivity index (χ4v) is 3.74. The summed E-state index contributed by atoms with van der Waals surface area (Å²) in [6, 6.07) is 24.4. The van der Waals surface area contributed by atoms with E-state index in [0.717, 1.165) is 16.8 Å². The van der Waals surface area contributed by atoms with Gasteiger partial charge in [-0.05, 0) is 47.2 Å². The Balaban J connectivity index is 1.44. The van der Waals surface area contributed by atoms with E-state index in [0.29, 0.717) is 5.69 Å². The van der Waals surface area contributed by atoms with Gasteiger partial charge in [-0.3, -0.25) is 9.59 Å². The second-order valence-electron chi connectivity index (χ2n) is 8.06. The molecule has 0 saturated carbocycles. The average molecular weight is 505 g/mol. The van der Waals surface area contributed by atoms with Crippen LogP contribution in [-0.2, 0) is 11.0 Å². The second kappa shape index (κ2) is 9.69. The van der Waals surface area contributed by atoms with E-state index < -0.39 is 35.6 Å². The summed E-state index contributed by atoms with van der Waals surface area (Å²) in [6.07, 6.45) is -5.01. The zero-order chi connectivity index (χ0) is 26.0. The van der Waals surface area contributed by atoms with E-state index in [1.165, 1.54) is 24.3 Å². The van der Waals surface area contributed by atoms with Gasteiger partial charge in [0.2, 0.25) is 11.2 Å². The third kappa shape index (κ3) is 5.25. The van der Waals surface area contributed by atoms with Gasteiger partial charge in [-0.1, -0.05) is 48.5 Å². The van der Waals surface area contributed by atoms with Crippen molar-refractivity contribution in [2.24, 2.45) is 0 Å². The number of carbonyl (C=O) groups excluding carboxylic acids is 1. The van der Waals surface area contributed by atoms with Gasteiger partial charge in [-0.15, -0.1) is 0 Å². The lowest BCUT2D eigenvalue weighted by Gasteiger charge is -2.14. The Morgan fingerprint density at radius 3 is 2.30 bits per heavy atom. The van der Waals surface area contributed by atoms with E-state index in [1.807, 2.05) is 12.1 Å².